The number of hydrogen-bond donors (Lipinski definition) is 1. The molecule has 2 rings (SSSR count). The van der Waals surface area contributed by atoms with E-state index >= 15 is 0 Å². The van der Waals surface area contributed by atoms with Crippen molar-refractivity contribution in [1.82, 2.24) is 4.98 Å². The van der Waals surface area contributed by atoms with Crippen LogP contribution >= 0.6 is 22.9 Å². The van der Waals surface area contributed by atoms with E-state index in [1.165, 1.54) is 0 Å². The molecular weight excluding hydrogens is 240 g/mol. The standard InChI is InChI=1S/C12H13ClN2S/c1-7-12(16-8(2)15-7)11(14)9-5-3-4-6-10(9)13/h3-6,11H,14H2,1-2H3. The Labute approximate surface area is 104 Å². The molecule has 1 heterocycles. The first-order chi connectivity index (χ1) is 7.59. The Morgan fingerprint density at radius 2 is 2.00 bits per heavy atom. The van der Waals surface area contributed by atoms with Crippen LogP contribution in [0.1, 0.15) is 27.2 Å². The van der Waals surface area contributed by atoms with E-state index in [2.05, 4.69) is 4.98 Å². The molecule has 1 aromatic carbocycles. The fraction of sp³-hybridized carbons (Fsp3) is 0.250. The third-order valence-electron chi connectivity index (χ3n) is 2.46. The molecule has 0 aliphatic rings. The van der Waals surface area contributed by atoms with Gasteiger partial charge in [-0.3, -0.25) is 0 Å². The minimum Gasteiger partial charge on any atom is -0.320 e. The van der Waals surface area contributed by atoms with Crippen LogP contribution in [0, 0.1) is 13.8 Å². The van der Waals surface area contributed by atoms with Gasteiger partial charge in [-0.15, -0.1) is 11.3 Å². The number of hydrogen-bond acceptors (Lipinski definition) is 3. The van der Waals surface area contributed by atoms with Gasteiger partial charge in [-0.25, -0.2) is 4.98 Å². The molecule has 84 valence electrons. The van der Waals surface area contributed by atoms with Gasteiger partial charge in [0.25, 0.3) is 0 Å². The summed E-state index contributed by atoms with van der Waals surface area (Å²) in [7, 11) is 0. The summed E-state index contributed by atoms with van der Waals surface area (Å²) in [5.41, 5.74) is 8.17. The molecule has 1 unspecified atom stereocenters. The van der Waals surface area contributed by atoms with Crippen molar-refractivity contribution in [3.8, 4) is 0 Å². The lowest BCUT2D eigenvalue weighted by Gasteiger charge is -2.12. The first-order valence-electron chi connectivity index (χ1n) is 5.03. The summed E-state index contributed by atoms with van der Waals surface area (Å²) in [5.74, 6) is 0. The van der Waals surface area contributed by atoms with Crippen molar-refractivity contribution in [2.45, 2.75) is 19.9 Å². The van der Waals surface area contributed by atoms with Crippen molar-refractivity contribution in [3.63, 3.8) is 0 Å². The van der Waals surface area contributed by atoms with E-state index in [-0.39, 0.29) is 6.04 Å². The molecule has 16 heavy (non-hydrogen) atoms. The van der Waals surface area contributed by atoms with Gasteiger partial charge in [-0.05, 0) is 25.5 Å². The van der Waals surface area contributed by atoms with Crippen LogP contribution in [0.2, 0.25) is 5.02 Å². The van der Waals surface area contributed by atoms with Gasteiger partial charge in [0.15, 0.2) is 0 Å². The zero-order chi connectivity index (χ0) is 11.7. The van der Waals surface area contributed by atoms with Gasteiger partial charge >= 0.3 is 0 Å². The van der Waals surface area contributed by atoms with E-state index in [1.54, 1.807) is 11.3 Å². The van der Waals surface area contributed by atoms with Crippen molar-refractivity contribution >= 4 is 22.9 Å². The van der Waals surface area contributed by atoms with Gasteiger partial charge in [0.2, 0.25) is 0 Å². The van der Waals surface area contributed by atoms with E-state index in [9.17, 15) is 0 Å². The smallest absolute Gasteiger partial charge is 0.0900 e. The lowest BCUT2D eigenvalue weighted by atomic mass is 10.1. The number of nitrogens with two attached hydrogens (primary N) is 1. The fourth-order valence-electron chi connectivity index (χ4n) is 1.70. The van der Waals surface area contributed by atoms with Crippen LogP contribution in [0.5, 0.6) is 0 Å². The predicted molar refractivity (Wildman–Crippen MR) is 69.1 cm³/mol. The minimum absolute atomic E-state index is 0.181. The molecule has 0 aliphatic carbocycles. The lowest BCUT2D eigenvalue weighted by Crippen LogP contribution is -2.11. The number of nitrogens with zero attached hydrogens (tertiary/aromatic N) is 1. The molecule has 0 fully saturated rings. The Kier molecular flexibility index (Phi) is 3.28. The topological polar surface area (TPSA) is 38.9 Å². The first-order valence-corrected chi connectivity index (χ1v) is 6.23. The molecule has 0 spiro atoms. The van der Waals surface area contributed by atoms with E-state index < -0.39 is 0 Å². The summed E-state index contributed by atoms with van der Waals surface area (Å²) in [6.45, 7) is 3.97. The number of aryl methyl sites for hydroxylation is 2. The van der Waals surface area contributed by atoms with Gasteiger partial charge in [0.1, 0.15) is 0 Å². The summed E-state index contributed by atoms with van der Waals surface area (Å²) in [6, 6.07) is 7.50. The van der Waals surface area contributed by atoms with E-state index in [0.29, 0.717) is 5.02 Å². The average molecular weight is 253 g/mol. The number of thiazole rings is 1. The van der Waals surface area contributed by atoms with Crippen LogP contribution < -0.4 is 5.73 Å². The second kappa shape index (κ2) is 4.53. The Morgan fingerprint density at radius 3 is 2.56 bits per heavy atom. The summed E-state index contributed by atoms with van der Waals surface area (Å²) < 4.78 is 0. The minimum atomic E-state index is -0.181. The molecule has 0 saturated heterocycles. The highest BCUT2D eigenvalue weighted by Crippen LogP contribution is 2.31. The summed E-state index contributed by atoms with van der Waals surface area (Å²) in [5, 5.41) is 1.75. The van der Waals surface area contributed by atoms with Gasteiger partial charge in [0.05, 0.1) is 16.7 Å². The van der Waals surface area contributed by atoms with Gasteiger partial charge in [-0.2, -0.15) is 0 Å². The molecule has 1 aromatic heterocycles. The van der Waals surface area contributed by atoms with Crippen LogP contribution in [0.15, 0.2) is 24.3 Å². The van der Waals surface area contributed by atoms with Crippen molar-refractivity contribution in [2.24, 2.45) is 5.73 Å². The number of aromatic nitrogens is 1. The third-order valence-corrected chi connectivity index (χ3v) is 3.96. The first kappa shape index (κ1) is 11.6. The largest absolute Gasteiger partial charge is 0.320 e. The van der Waals surface area contributed by atoms with E-state index in [1.807, 2.05) is 38.1 Å². The Hall–Kier alpha value is -0.900. The Morgan fingerprint density at radius 1 is 1.31 bits per heavy atom. The highest BCUT2D eigenvalue weighted by molar-refractivity contribution is 7.11. The molecule has 0 saturated carbocycles. The number of benzene rings is 1. The Balaban J connectivity index is 2.43. The highest BCUT2D eigenvalue weighted by Gasteiger charge is 2.17. The molecule has 2 N–H and O–H groups in total. The highest BCUT2D eigenvalue weighted by atomic mass is 35.5. The van der Waals surface area contributed by atoms with Gasteiger partial charge < -0.3 is 5.73 Å². The van der Waals surface area contributed by atoms with Crippen LogP contribution in [0.25, 0.3) is 0 Å². The molecule has 0 aliphatic heterocycles. The van der Waals surface area contributed by atoms with Crippen LogP contribution in [-0.2, 0) is 0 Å². The molecule has 0 radical (unpaired) electrons. The monoisotopic (exact) mass is 252 g/mol. The summed E-state index contributed by atoms with van der Waals surface area (Å²) >= 11 is 7.76. The SMILES string of the molecule is Cc1nc(C)c(C(N)c2ccccc2Cl)s1. The quantitative estimate of drug-likeness (QED) is 0.889. The molecular formula is C12H13ClN2S. The predicted octanol–water partition coefficient (Wildman–Crippen LogP) is 3.46. The van der Waals surface area contributed by atoms with Gasteiger partial charge in [0, 0.05) is 9.90 Å². The van der Waals surface area contributed by atoms with E-state index in [0.717, 1.165) is 21.1 Å². The molecule has 2 nitrogen and oxygen atoms in total. The fourth-order valence-corrected chi connectivity index (χ4v) is 2.91. The molecule has 1 atom stereocenters. The maximum atomic E-state index is 6.22. The van der Waals surface area contributed by atoms with Crippen molar-refractivity contribution < 1.29 is 0 Å². The number of rotatable bonds is 2. The van der Waals surface area contributed by atoms with Crippen molar-refractivity contribution in [3.05, 3.63) is 50.4 Å². The zero-order valence-corrected chi connectivity index (χ0v) is 10.8. The van der Waals surface area contributed by atoms with Crippen molar-refractivity contribution in [1.29, 1.82) is 0 Å². The molecule has 0 bridgehead atoms. The van der Waals surface area contributed by atoms with Crippen LogP contribution in [0.4, 0.5) is 0 Å². The lowest BCUT2D eigenvalue weighted by molar-refractivity contribution is 0.877. The van der Waals surface area contributed by atoms with Crippen molar-refractivity contribution in [2.75, 3.05) is 0 Å². The van der Waals surface area contributed by atoms with Gasteiger partial charge in [-0.1, -0.05) is 29.8 Å². The Bertz CT molecular complexity index is 507. The number of halogens is 1. The maximum Gasteiger partial charge on any atom is 0.0900 e. The third kappa shape index (κ3) is 2.12. The zero-order valence-electron chi connectivity index (χ0n) is 9.20. The van der Waals surface area contributed by atoms with Crippen LogP contribution in [-0.4, -0.2) is 4.98 Å². The maximum absolute atomic E-state index is 6.22. The molecule has 4 heteroatoms. The molecule has 0 amide bonds. The van der Waals surface area contributed by atoms with E-state index in [4.69, 9.17) is 17.3 Å². The molecule has 2 aromatic rings. The summed E-state index contributed by atoms with van der Waals surface area (Å²) in [6.07, 6.45) is 0. The normalized spacial score (nSPS) is 12.8. The van der Waals surface area contributed by atoms with Crippen LogP contribution in [0.3, 0.4) is 0 Å². The average Bonchev–Trinajstić information content (AvgIpc) is 2.58. The summed E-state index contributed by atoms with van der Waals surface area (Å²) in [4.78, 5) is 5.47. The second-order valence-corrected chi connectivity index (χ2v) is 5.32. The second-order valence-electron chi connectivity index (χ2n) is 3.68.